The molecule has 1 unspecified atom stereocenters. The standard InChI is InChI=1S/C24H21ClN2O2S/c1-16-5-4-6-19(15-16)30(28,29)27-14-13-21-20-7-2-3-8-22(20)26-23(21)24(27)17-9-11-18(25)12-10-17/h2-12,15,24,26H,13-14H2,1H3. The molecular weight excluding hydrogens is 416 g/mol. The average Bonchev–Trinajstić information content (AvgIpc) is 3.12. The monoisotopic (exact) mass is 436 g/mol. The first-order valence-corrected chi connectivity index (χ1v) is 11.7. The number of aromatic nitrogens is 1. The van der Waals surface area contributed by atoms with E-state index in [1.807, 2.05) is 55.5 Å². The Bertz CT molecular complexity index is 1340. The van der Waals surface area contributed by atoms with E-state index in [0.29, 0.717) is 22.9 Å². The fourth-order valence-corrected chi connectivity index (χ4v) is 6.19. The number of rotatable bonds is 3. The second kappa shape index (κ2) is 7.27. The van der Waals surface area contributed by atoms with E-state index in [2.05, 4.69) is 11.1 Å². The van der Waals surface area contributed by atoms with Gasteiger partial charge in [0, 0.05) is 28.2 Å². The third-order valence-electron chi connectivity index (χ3n) is 5.77. The van der Waals surface area contributed by atoms with Crippen LogP contribution in [0.4, 0.5) is 0 Å². The number of nitrogens with zero attached hydrogens (tertiary/aromatic N) is 1. The minimum absolute atomic E-state index is 0.320. The van der Waals surface area contributed by atoms with E-state index in [-0.39, 0.29) is 0 Å². The maximum Gasteiger partial charge on any atom is 0.244 e. The SMILES string of the molecule is Cc1cccc(S(=O)(=O)N2CCc3c([nH]c4ccccc34)C2c2ccc(Cl)cc2)c1. The Hall–Kier alpha value is -2.60. The molecule has 0 bridgehead atoms. The van der Waals surface area contributed by atoms with Gasteiger partial charge < -0.3 is 4.98 Å². The lowest BCUT2D eigenvalue weighted by Gasteiger charge is -2.35. The fraction of sp³-hybridized carbons (Fsp3) is 0.167. The third kappa shape index (κ3) is 3.14. The molecule has 152 valence electrons. The molecular formula is C24H21ClN2O2S. The quantitative estimate of drug-likeness (QED) is 0.463. The zero-order valence-corrected chi connectivity index (χ0v) is 18.0. The Labute approximate surface area is 181 Å². The lowest BCUT2D eigenvalue weighted by atomic mass is 9.94. The van der Waals surface area contributed by atoms with E-state index in [1.54, 1.807) is 22.5 Å². The second-order valence-electron chi connectivity index (χ2n) is 7.70. The summed E-state index contributed by atoms with van der Waals surface area (Å²) < 4.78 is 29.0. The molecule has 0 amide bonds. The van der Waals surface area contributed by atoms with Crippen LogP contribution < -0.4 is 0 Å². The van der Waals surface area contributed by atoms with Crippen molar-refractivity contribution in [3.8, 4) is 0 Å². The molecule has 30 heavy (non-hydrogen) atoms. The number of aryl methyl sites for hydroxylation is 1. The van der Waals surface area contributed by atoms with Crippen LogP contribution in [-0.2, 0) is 16.4 Å². The van der Waals surface area contributed by atoms with Gasteiger partial charge in [0.15, 0.2) is 0 Å². The number of para-hydroxylation sites is 1. The molecule has 1 aliphatic rings. The van der Waals surface area contributed by atoms with E-state index < -0.39 is 16.1 Å². The smallest absolute Gasteiger partial charge is 0.244 e. The summed E-state index contributed by atoms with van der Waals surface area (Å²) in [5, 5.41) is 1.78. The van der Waals surface area contributed by atoms with Gasteiger partial charge in [-0.3, -0.25) is 0 Å². The minimum Gasteiger partial charge on any atom is -0.357 e. The predicted molar refractivity (Wildman–Crippen MR) is 120 cm³/mol. The van der Waals surface area contributed by atoms with Crippen LogP contribution in [0.15, 0.2) is 77.7 Å². The Balaban J connectivity index is 1.72. The van der Waals surface area contributed by atoms with Crippen LogP contribution in [0.5, 0.6) is 0 Å². The number of fused-ring (bicyclic) bond motifs is 3. The lowest BCUT2D eigenvalue weighted by Crippen LogP contribution is -2.40. The van der Waals surface area contributed by atoms with Crippen molar-refractivity contribution in [1.29, 1.82) is 0 Å². The van der Waals surface area contributed by atoms with Gasteiger partial charge in [0.25, 0.3) is 0 Å². The summed E-state index contributed by atoms with van der Waals surface area (Å²) >= 11 is 6.11. The normalized spacial score (nSPS) is 17.2. The highest BCUT2D eigenvalue weighted by Crippen LogP contribution is 2.41. The van der Waals surface area contributed by atoms with Crippen molar-refractivity contribution in [2.24, 2.45) is 0 Å². The molecule has 2 heterocycles. The molecule has 0 radical (unpaired) electrons. The molecule has 0 fully saturated rings. The first-order valence-electron chi connectivity index (χ1n) is 9.88. The van der Waals surface area contributed by atoms with Gasteiger partial charge in [-0.15, -0.1) is 0 Å². The van der Waals surface area contributed by atoms with Crippen molar-refractivity contribution < 1.29 is 8.42 Å². The highest BCUT2D eigenvalue weighted by molar-refractivity contribution is 7.89. The van der Waals surface area contributed by atoms with Crippen LogP contribution in [0.3, 0.4) is 0 Å². The van der Waals surface area contributed by atoms with Gasteiger partial charge in [0.1, 0.15) is 0 Å². The number of benzene rings is 3. The van der Waals surface area contributed by atoms with Crippen LogP contribution in [0, 0.1) is 6.92 Å². The van der Waals surface area contributed by atoms with Gasteiger partial charge >= 0.3 is 0 Å². The van der Waals surface area contributed by atoms with Crippen molar-refractivity contribution in [1.82, 2.24) is 9.29 Å². The second-order valence-corrected chi connectivity index (χ2v) is 10.0. The Morgan fingerprint density at radius 3 is 2.53 bits per heavy atom. The molecule has 4 nitrogen and oxygen atoms in total. The number of sulfonamides is 1. The van der Waals surface area contributed by atoms with E-state index in [1.165, 1.54) is 5.56 Å². The van der Waals surface area contributed by atoms with Crippen LogP contribution in [0.25, 0.3) is 10.9 Å². The number of nitrogens with one attached hydrogen (secondary N) is 1. The third-order valence-corrected chi connectivity index (χ3v) is 7.88. The van der Waals surface area contributed by atoms with E-state index in [9.17, 15) is 8.42 Å². The molecule has 0 saturated carbocycles. The topological polar surface area (TPSA) is 53.2 Å². The molecule has 0 spiro atoms. The molecule has 1 N–H and O–H groups in total. The average molecular weight is 437 g/mol. The predicted octanol–water partition coefficient (Wildman–Crippen LogP) is 5.47. The molecule has 5 rings (SSSR count). The summed E-state index contributed by atoms with van der Waals surface area (Å²) in [5.41, 5.74) is 4.95. The van der Waals surface area contributed by atoms with E-state index >= 15 is 0 Å². The van der Waals surface area contributed by atoms with E-state index in [4.69, 9.17) is 11.6 Å². The van der Waals surface area contributed by atoms with Gasteiger partial charge in [-0.2, -0.15) is 4.31 Å². The van der Waals surface area contributed by atoms with Crippen molar-refractivity contribution in [2.75, 3.05) is 6.54 Å². The van der Waals surface area contributed by atoms with Crippen LogP contribution >= 0.6 is 11.6 Å². The maximum absolute atomic E-state index is 13.7. The lowest BCUT2D eigenvalue weighted by molar-refractivity contribution is 0.340. The highest BCUT2D eigenvalue weighted by Gasteiger charge is 2.39. The summed E-state index contributed by atoms with van der Waals surface area (Å²) in [6, 6.07) is 22.2. The number of hydrogen-bond acceptors (Lipinski definition) is 2. The molecule has 6 heteroatoms. The summed E-state index contributed by atoms with van der Waals surface area (Å²) in [6.07, 6.45) is 0.661. The molecule has 0 aliphatic carbocycles. The van der Waals surface area contributed by atoms with E-state index in [0.717, 1.165) is 27.7 Å². The first-order chi connectivity index (χ1) is 14.4. The minimum atomic E-state index is -3.69. The van der Waals surface area contributed by atoms with Crippen molar-refractivity contribution >= 4 is 32.5 Å². The largest absolute Gasteiger partial charge is 0.357 e. The number of hydrogen-bond donors (Lipinski definition) is 1. The summed E-state index contributed by atoms with van der Waals surface area (Å²) in [5.74, 6) is 0. The Morgan fingerprint density at radius 1 is 1.00 bits per heavy atom. The summed E-state index contributed by atoms with van der Waals surface area (Å²) in [6.45, 7) is 2.32. The molecule has 4 aromatic rings. The molecule has 0 saturated heterocycles. The van der Waals surface area contributed by atoms with Crippen LogP contribution in [0.2, 0.25) is 5.02 Å². The van der Waals surface area contributed by atoms with Crippen molar-refractivity contribution in [2.45, 2.75) is 24.3 Å². The number of H-pyrrole nitrogens is 1. The zero-order valence-electron chi connectivity index (χ0n) is 16.5. The molecule has 3 aromatic carbocycles. The number of halogens is 1. The Morgan fingerprint density at radius 2 is 1.77 bits per heavy atom. The van der Waals surface area contributed by atoms with Gasteiger partial charge in [-0.05, 0) is 60.4 Å². The van der Waals surface area contributed by atoms with Crippen molar-refractivity contribution in [3.63, 3.8) is 0 Å². The van der Waals surface area contributed by atoms with Crippen molar-refractivity contribution in [3.05, 3.63) is 100 Å². The fourth-order valence-electron chi connectivity index (χ4n) is 4.37. The van der Waals surface area contributed by atoms with Gasteiger partial charge in [0.05, 0.1) is 10.9 Å². The first kappa shape index (κ1) is 19.4. The van der Waals surface area contributed by atoms with Crippen LogP contribution in [-0.4, -0.2) is 24.3 Å². The van der Waals surface area contributed by atoms with Gasteiger partial charge in [-0.25, -0.2) is 8.42 Å². The van der Waals surface area contributed by atoms with Gasteiger partial charge in [0.2, 0.25) is 10.0 Å². The van der Waals surface area contributed by atoms with Crippen LogP contribution in [0.1, 0.15) is 28.4 Å². The summed E-state index contributed by atoms with van der Waals surface area (Å²) in [7, 11) is -3.69. The maximum atomic E-state index is 13.7. The highest BCUT2D eigenvalue weighted by atomic mass is 35.5. The number of aromatic amines is 1. The zero-order chi connectivity index (χ0) is 20.9. The van der Waals surface area contributed by atoms with Gasteiger partial charge in [-0.1, -0.05) is 54.1 Å². The molecule has 1 aliphatic heterocycles. The molecule has 1 atom stereocenters. The summed E-state index contributed by atoms with van der Waals surface area (Å²) in [4.78, 5) is 3.83. The Kier molecular flexibility index (Phi) is 4.69. The molecule has 1 aromatic heterocycles.